The van der Waals surface area contributed by atoms with Crippen molar-refractivity contribution in [2.75, 3.05) is 12.0 Å². The van der Waals surface area contributed by atoms with Crippen molar-refractivity contribution < 1.29 is 24.2 Å². The Labute approximate surface area is 123 Å². The van der Waals surface area contributed by atoms with E-state index in [1.807, 2.05) is 0 Å². The van der Waals surface area contributed by atoms with E-state index in [0.29, 0.717) is 11.4 Å². The summed E-state index contributed by atoms with van der Waals surface area (Å²) in [6.07, 6.45) is -0.802. The Morgan fingerprint density at radius 3 is 2.29 bits per heavy atom. The molecular weight excluding hydrogens is 274 g/mol. The van der Waals surface area contributed by atoms with E-state index in [4.69, 9.17) is 9.47 Å². The van der Waals surface area contributed by atoms with Gasteiger partial charge in [-0.15, -0.1) is 0 Å². The van der Waals surface area contributed by atoms with Gasteiger partial charge in [0.05, 0.1) is 12.7 Å². The largest absolute Gasteiger partial charge is 0.497 e. The van der Waals surface area contributed by atoms with Gasteiger partial charge in [0.2, 0.25) is 5.91 Å². The fourth-order valence-corrected chi connectivity index (χ4v) is 2.42. The Hall–Kier alpha value is -2.08. The second-order valence-electron chi connectivity index (χ2n) is 5.54. The number of carbonyl (C=O) groups excluding carboxylic acids is 2. The van der Waals surface area contributed by atoms with E-state index >= 15 is 0 Å². The van der Waals surface area contributed by atoms with E-state index in [1.165, 1.54) is 25.7 Å². The molecule has 1 N–H and O–H groups in total. The summed E-state index contributed by atoms with van der Waals surface area (Å²) >= 11 is 0. The quantitative estimate of drug-likeness (QED) is 0.669. The molecule has 1 saturated heterocycles. The predicted octanol–water partition coefficient (Wildman–Crippen LogP) is 1.32. The van der Waals surface area contributed by atoms with Crippen LogP contribution >= 0.6 is 0 Å². The second-order valence-corrected chi connectivity index (χ2v) is 5.54. The van der Waals surface area contributed by atoms with Gasteiger partial charge < -0.3 is 14.6 Å². The van der Waals surface area contributed by atoms with Crippen molar-refractivity contribution in [1.82, 2.24) is 0 Å². The minimum absolute atomic E-state index is 0.279. The molecule has 0 aliphatic carbocycles. The van der Waals surface area contributed by atoms with Crippen LogP contribution in [0.2, 0.25) is 0 Å². The first kappa shape index (κ1) is 15.3. The zero-order valence-corrected chi connectivity index (χ0v) is 12.5. The molecule has 1 aromatic carbocycles. The summed E-state index contributed by atoms with van der Waals surface area (Å²) in [6, 6.07) is 6.83. The monoisotopic (exact) mass is 293 g/mol. The van der Waals surface area contributed by atoms with Gasteiger partial charge >= 0.3 is 5.97 Å². The Morgan fingerprint density at radius 2 is 1.86 bits per heavy atom. The van der Waals surface area contributed by atoms with Crippen molar-refractivity contribution in [3.63, 3.8) is 0 Å². The van der Waals surface area contributed by atoms with Gasteiger partial charge in [-0.3, -0.25) is 14.5 Å². The number of methoxy groups -OCH3 is 1. The molecule has 2 atom stereocenters. The van der Waals surface area contributed by atoms with E-state index in [-0.39, 0.29) is 5.91 Å². The third kappa shape index (κ3) is 2.85. The lowest BCUT2D eigenvalue weighted by atomic mass is 9.81. The van der Waals surface area contributed by atoms with Crippen LogP contribution in [0.25, 0.3) is 0 Å². The van der Waals surface area contributed by atoms with Crippen molar-refractivity contribution in [2.45, 2.75) is 32.6 Å². The van der Waals surface area contributed by atoms with Crippen molar-refractivity contribution in [2.24, 2.45) is 5.92 Å². The van der Waals surface area contributed by atoms with E-state index in [1.54, 1.807) is 31.4 Å². The molecule has 1 heterocycles. The summed E-state index contributed by atoms with van der Waals surface area (Å²) in [6.45, 7) is 4.32. The summed E-state index contributed by atoms with van der Waals surface area (Å²) in [5, 5.41) is 10.1. The van der Waals surface area contributed by atoms with Crippen LogP contribution in [-0.4, -0.2) is 35.9 Å². The van der Waals surface area contributed by atoms with E-state index in [2.05, 4.69) is 0 Å². The number of nitrogens with zero attached hydrogens (tertiary/aromatic N) is 1. The summed E-state index contributed by atoms with van der Waals surface area (Å²) in [4.78, 5) is 24.9. The average Bonchev–Trinajstić information content (AvgIpc) is 2.37. The van der Waals surface area contributed by atoms with Gasteiger partial charge in [0.25, 0.3) is 0 Å². The minimum Gasteiger partial charge on any atom is -0.497 e. The van der Waals surface area contributed by atoms with Crippen LogP contribution in [-0.2, 0) is 14.3 Å². The third-order valence-corrected chi connectivity index (χ3v) is 3.44. The van der Waals surface area contributed by atoms with Crippen molar-refractivity contribution in [3.05, 3.63) is 24.3 Å². The Balaban J connectivity index is 2.28. The van der Waals surface area contributed by atoms with Crippen molar-refractivity contribution in [3.8, 4) is 5.75 Å². The normalized spacial score (nSPS) is 21.8. The fraction of sp³-hybridized carbons (Fsp3) is 0.467. The molecule has 0 unspecified atom stereocenters. The molecule has 1 aliphatic heterocycles. The van der Waals surface area contributed by atoms with E-state index < -0.39 is 23.7 Å². The third-order valence-electron chi connectivity index (χ3n) is 3.44. The van der Waals surface area contributed by atoms with Gasteiger partial charge in [0, 0.05) is 12.6 Å². The van der Waals surface area contributed by atoms with Crippen LogP contribution in [0, 0.1) is 5.92 Å². The number of hydrogen-bond donors (Lipinski definition) is 1. The predicted molar refractivity (Wildman–Crippen MR) is 75.8 cm³/mol. The number of β-lactam (4-membered cyclic amide) rings is 1. The van der Waals surface area contributed by atoms with Gasteiger partial charge in [0.15, 0.2) is 6.23 Å². The minimum atomic E-state index is -1.26. The summed E-state index contributed by atoms with van der Waals surface area (Å²) in [5.74, 6) is -0.891. The molecule has 1 fully saturated rings. The molecule has 0 bridgehead atoms. The van der Waals surface area contributed by atoms with Gasteiger partial charge in [-0.2, -0.15) is 0 Å². The summed E-state index contributed by atoms with van der Waals surface area (Å²) < 4.78 is 10.3. The molecule has 1 aromatic rings. The van der Waals surface area contributed by atoms with E-state index in [0.717, 1.165) is 0 Å². The number of hydrogen-bond acceptors (Lipinski definition) is 5. The number of carbonyl (C=O) groups is 2. The second kappa shape index (κ2) is 5.37. The van der Waals surface area contributed by atoms with Crippen molar-refractivity contribution in [1.29, 1.82) is 0 Å². The Bertz CT molecular complexity index is 546. The number of ether oxygens (including phenoxy) is 2. The van der Waals surface area contributed by atoms with Crippen LogP contribution in [0.3, 0.4) is 0 Å². The maximum absolute atomic E-state index is 12.3. The maximum atomic E-state index is 12.3. The molecule has 0 spiro atoms. The maximum Gasteiger partial charge on any atom is 0.304 e. The lowest BCUT2D eigenvalue weighted by molar-refractivity contribution is -0.173. The number of rotatable bonds is 4. The lowest BCUT2D eigenvalue weighted by Gasteiger charge is -2.49. The molecule has 0 saturated carbocycles. The highest BCUT2D eigenvalue weighted by atomic mass is 16.6. The van der Waals surface area contributed by atoms with Crippen LogP contribution in [0.4, 0.5) is 5.69 Å². The highest BCUT2D eigenvalue weighted by molar-refractivity contribution is 6.03. The van der Waals surface area contributed by atoms with Crippen LogP contribution in [0.1, 0.15) is 20.8 Å². The van der Waals surface area contributed by atoms with Crippen molar-refractivity contribution >= 4 is 17.6 Å². The Morgan fingerprint density at radius 1 is 1.29 bits per heavy atom. The van der Waals surface area contributed by atoms with Crippen LogP contribution in [0.5, 0.6) is 5.75 Å². The fourth-order valence-electron chi connectivity index (χ4n) is 2.42. The molecule has 114 valence electrons. The zero-order chi connectivity index (χ0) is 15.8. The highest BCUT2D eigenvalue weighted by Gasteiger charge is 2.57. The molecule has 6 heteroatoms. The molecule has 2 rings (SSSR count). The molecule has 1 amide bonds. The standard InChI is InChI=1S/C15H19NO5/c1-9(17)21-14-12(15(2,3)19)13(18)16(14)10-5-7-11(20-4)8-6-10/h5-8,12,14,19H,1-4H3/t12-,14+/m0/s1. The smallest absolute Gasteiger partial charge is 0.304 e. The Kier molecular flexibility index (Phi) is 3.91. The van der Waals surface area contributed by atoms with Crippen LogP contribution < -0.4 is 9.64 Å². The summed E-state index contributed by atoms with van der Waals surface area (Å²) in [5.41, 5.74) is -0.673. The number of amides is 1. The number of benzene rings is 1. The molecular formula is C15H19NO5. The number of aliphatic hydroxyl groups is 1. The lowest BCUT2D eigenvalue weighted by Crippen LogP contribution is -2.69. The van der Waals surface area contributed by atoms with Gasteiger partial charge in [-0.25, -0.2) is 0 Å². The first-order valence-electron chi connectivity index (χ1n) is 6.62. The van der Waals surface area contributed by atoms with E-state index in [9.17, 15) is 14.7 Å². The van der Waals surface area contributed by atoms with Gasteiger partial charge in [-0.1, -0.05) is 0 Å². The van der Waals surface area contributed by atoms with Crippen LogP contribution in [0.15, 0.2) is 24.3 Å². The highest BCUT2D eigenvalue weighted by Crippen LogP contribution is 2.39. The first-order valence-corrected chi connectivity index (χ1v) is 6.62. The molecule has 0 radical (unpaired) electrons. The topological polar surface area (TPSA) is 76.1 Å². The number of anilines is 1. The zero-order valence-electron chi connectivity index (χ0n) is 12.5. The molecule has 1 aliphatic rings. The van der Waals surface area contributed by atoms with Gasteiger partial charge in [0.1, 0.15) is 11.7 Å². The number of esters is 1. The first-order chi connectivity index (χ1) is 9.75. The molecule has 21 heavy (non-hydrogen) atoms. The average molecular weight is 293 g/mol. The summed E-state index contributed by atoms with van der Waals surface area (Å²) in [7, 11) is 1.55. The SMILES string of the molecule is COc1ccc(N2C(=O)[C@H](C(C)(C)O)[C@H]2OC(C)=O)cc1. The van der Waals surface area contributed by atoms with Gasteiger partial charge in [-0.05, 0) is 38.1 Å². The molecule has 6 nitrogen and oxygen atoms in total. The molecule has 0 aromatic heterocycles.